The van der Waals surface area contributed by atoms with E-state index in [1.807, 2.05) is 4.98 Å². The van der Waals surface area contributed by atoms with Crippen LogP contribution in [0, 0.1) is 0 Å². The molecule has 0 aromatic carbocycles. The number of unbranched alkanes of at least 4 members (excludes halogenated alkanes) is 1. The topological polar surface area (TPSA) is 110 Å². The lowest BCUT2D eigenvalue weighted by Crippen LogP contribution is -2.42. The van der Waals surface area contributed by atoms with E-state index in [-0.39, 0.29) is 24.0 Å². The smallest absolute Gasteiger partial charge is 0.301 e. The van der Waals surface area contributed by atoms with Gasteiger partial charge in [-0.1, -0.05) is 0 Å². The van der Waals surface area contributed by atoms with Gasteiger partial charge in [0.2, 0.25) is 0 Å². The fourth-order valence-electron chi connectivity index (χ4n) is 2.00. The lowest BCUT2D eigenvalue weighted by Gasteiger charge is -2.10. The van der Waals surface area contributed by atoms with Gasteiger partial charge in [0, 0.05) is 13.6 Å². The molecule has 2 N–H and O–H groups in total. The second-order valence-electron chi connectivity index (χ2n) is 4.33. The molecular formula is C11H13FN4O4. The van der Waals surface area contributed by atoms with Crippen LogP contribution in [0.15, 0.2) is 19.2 Å². The van der Waals surface area contributed by atoms with E-state index in [0.717, 1.165) is 9.13 Å². The number of aryl methyl sites for hydroxylation is 1. The zero-order valence-corrected chi connectivity index (χ0v) is 10.7. The van der Waals surface area contributed by atoms with Gasteiger partial charge in [-0.3, -0.25) is 28.1 Å². The molecule has 2 aromatic rings. The highest BCUT2D eigenvalue weighted by Gasteiger charge is 2.14. The van der Waals surface area contributed by atoms with Crippen molar-refractivity contribution < 1.29 is 4.39 Å². The number of nitrogens with zero attached hydrogens (tertiary/aromatic N) is 2. The normalized spacial score (nSPS) is 11.1. The summed E-state index contributed by atoms with van der Waals surface area (Å²) in [5.41, 5.74) is -3.51. The molecule has 0 bridgehead atoms. The van der Waals surface area contributed by atoms with Crippen LogP contribution in [0.1, 0.15) is 12.8 Å². The maximum atomic E-state index is 12.1. The molecule has 0 atom stereocenters. The third kappa shape index (κ3) is 2.22. The molecule has 0 amide bonds. The maximum Gasteiger partial charge on any atom is 0.331 e. The Hall–Kier alpha value is -2.45. The Bertz CT molecular complexity index is 873. The highest BCUT2D eigenvalue weighted by Crippen LogP contribution is 2.00. The summed E-state index contributed by atoms with van der Waals surface area (Å²) >= 11 is 0. The predicted molar refractivity (Wildman–Crippen MR) is 69.9 cm³/mol. The number of fused-ring (bicyclic) bond motifs is 1. The van der Waals surface area contributed by atoms with Gasteiger partial charge in [-0.2, -0.15) is 0 Å². The van der Waals surface area contributed by atoms with Crippen molar-refractivity contribution in [1.29, 1.82) is 0 Å². The standard InChI is InChI=1S/C11H13FN4O4/c1-15-9(18)6-7(8(17)14-10(19)13-6)16(11(15)20)5-3-2-4-12/h2-5H2,1H3,(H2,13,14,17,19). The van der Waals surface area contributed by atoms with E-state index >= 15 is 0 Å². The summed E-state index contributed by atoms with van der Waals surface area (Å²) in [7, 11) is 1.25. The first-order valence-electron chi connectivity index (χ1n) is 5.99. The molecule has 0 spiro atoms. The summed E-state index contributed by atoms with van der Waals surface area (Å²) in [6.07, 6.45) is 0.570. The van der Waals surface area contributed by atoms with Gasteiger partial charge in [-0.05, 0) is 12.8 Å². The minimum atomic E-state index is -0.825. The SMILES string of the molecule is Cn1c(=O)c2[nH]c(=O)[nH]c(=O)c2n(CCCCF)c1=O. The predicted octanol–water partition coefficient (Wildman–Crippen LogP) is -1.17. The molecule has 0 saturated carbocycles. The molecule has 0 fully saturated rings. The van der Waals surface area contributed by atoms with Crippen molar-refractivity contribution >= 4 is 11.0 Å². The van der Waals surface area contributed by atoms with Crippen molar-refractivity contribution in [3.63, 3.8) is 0 Å². The number of alkyl halides is 1. The van der Waals surface area contributed by atoms with E-state index in [9.17, 15) is 23.6 Å². The van der Waals surface area contributed by atoms with Crippen molar-refractivity contribution in [2.75, 3.05) is 6.67 Å². The van der Waals surface area contributed by atoms with Crippen LogP contribution in [0.4, 0.5) is 4.39 Å². The minimum absolute atomic E-state index is 0.0858. The maximum absolute atomic E-state index is 12.1. The van der Waals surface area contributed by atoms with Crippen LogP contribution in [-0.2, 0) is 13.6 Å². The van der Waals surface area contributed by atoms with Gasteiger partial charge in [0.25, 0.3) is 11.1 Å². The number of aromatic nitrogens is 4. The molecule has 2 rings (SSSR count). The summed E-state index contributed by atoms with van der Waals surface area (Å²) in [5.74, 6) is 0. The Kier molecular flexibility index (Phi) is 3.68. The molecule has 20 heavy (non-hydrogen) atoms. The van der Waals surface area contributed by atoms with Crippen molar-refractivity contribution in [2.45, 2.75) is 19.4 Å². The van der Waals surface area contributed by atoms with Crippen molar-refractivity contribution in [2.24, 2.45) is 7.05 Å². The van der Waals surface area contributed by atoms with Crippen LogP contribution in [0.2, 0.25) is 0 Å². The molecular weight excluding hydrogens is 271 g/mol. The van der Waals surface area contributed by atoms with E-state index in [1.54, 1.807) is 0 Å². The van der Waals surface area contributed by atoms with Gasteiger partial charge in [-0.15, -0.1) is 0 Å². The first-order chi connectivity index (χ1) is 9.47. The molecule has 2 aromatic heterocycles. The summed E-state index contributed by atoms with van der Waals surface area (Å²) in [4.78, 5) is 51.2. The molecule has 0 unspecified atom stereocenters. The zero-order valence-electron chi connectivity index (χ0n) is 10.7. The Morgan fingerprint density at radius 2 is 1.80 bits per heavy atom. The number of H-pyrrole nitrogens is 2. The van der Waals surface area contributed by atoms with E-state index in [2.05, 4.69) is 4.98 Å². The Morgan fingerprint density at radius 3 is 2.45 bits per heavy atom. The third-order valence-electron chi connectivity index (χ3n) is 2.99. The molecule has 0 aliphatic rings. The van der Waals surface area contributed by atoms with Crippen LogP contribution >= 0.6 is 0 Å². The molecule has 0 saturated heterocycles. The quantitative estimate of drug-likeness (QED) is 0.689. The Labute approximate surface area is 110 Å². The van der Waals surface area contributed by atoms with Gasteiger partial charge in [-0.25, -0.2) is 9.59 Å². The van der Waals surface area contributed by atoms with Crippen molar-refractivity contribution in [3.8, 4) is 0 Å². The minimum Gasteiger partial charge on any atom is -0.301 e. The van der Waals surface area contributed by atoms with E-state index in [0.29, 0.717) is 6.42 Å². The zero-order chi connectivity index (χ0) is 14.9. The van der Waals surface area contributed by atoms with Crippen LogP contribution in [0.25, 0.3) is 11.0 Å². The lowest BCUT2D eigenvalue weighted by atomic mass is 10.3. The fourth-order valence-corrected chi connectivity index (χ4v) is 2.00. The second kappa shape index (κ2) is 5.27. The number of rotatable bonds is 4. The fraction of sp³-hybridized carbons (Fsp3) is 0.455. The van der Waals surface area contributed by atoms with Crippen molar-refractivity contribution in [3.05, 3.63) is 41.7 Å². The highest BCUT2D eigenvalue weighted by atomic mass is 19.1. The van der Waals surface area contributed by atoms with E-state index < -0.39 is 29.2 Å². The molecule has 9 heteroatoms. The molecule has 0 radical (unpaired) electrons. The summed E-state index contributed by atoms with van der Waals surface area (Å²) in [6, 6.07) is 0. The summed E-state index contributed by atoms with van der Waals surface area (Å²) in [6.45, 7) is -0.450. The van der Waals surface area contributed by atoms with Crippen LogP contribution in [0.5, 0.6) is 0 Å². The number of halogens is 1. The van der Waals surface area contributed by atoms with E-state index in [1.165, 1.54) is 7.05 Å². The van der Waals surface area contributed by atoms with Crippen LogP contribution in [0.3, 0.4) is 0 Å². The van der Waals surface area contributed by atoms with Gasteiger partial charge in [0.1, 0.15) is 11.0 Å². The summed E-state index contributed by atoms with van der Waals surface area (Å²) < 4.78 is 14.0. The molecule has 8 nitrogen and oxygen atoms in total. The Morgan fingerprint density at radius 1 is 1.10 bits per heavy atom. The van der Waals surface area contributed by atoms with E-state index in [4.69, 9.17) is 0 Å². The number of nitrogens with one attached hydrogen (secondary N) is 2. The Balaban J connectivity index is 2.85. The number of hydrogen-bond donors (Lipinski definition) is 2. The number of aromatic amines is 2. The molecule has 2 heterocycles. The van der Waals surface area contributed by atoms with Gasteiger partial charge in [0.05, 0.1) is 6.67 Å². The monoisotopic (exact) mass is 284 g/mol. The number of hydrogen-bond acceptors (Lipinski definition) is 4. The van der Waals surface area contributed by atoms with Crippen molar-refractivity contribution in [1.82, 2.24) is 19.1 Å². The molecule has 0 aliphatic carbocycles. The van der Waals surface area contributed by atoms with Gasteiger partial charge in [0.15, 0.2) is 0 Å². The second-order valence-corrected chi connectivity index (χ2v) is 4.33. The van der Waals surface area contributed by atoms with Gasteiger partial charge >= 0.3 is 11.4 Å². The first kappa shape index (κ1) is 14.0. The lowest BCUT2D eigenvalue weighted by molar-refractivity contribution is 0.444. The largest absolute Gasteiger partial charge is 0.331 e. The average Bonchev–Trinajstić information content (AvgIpc) is 2.40. The van der Waals surface area contributed by atoms with Crippen LogP contribution < -0.4 is 22.5 Å². The molecule has 108 valence electrons. The first-order valence-corrected chi connectivity index (χ1v) is 5.99. The highest BCUT2D eigenvalue weighted by molar-refractivity contribution is 5.71. The third-order valence-corrected chi connectivity index (χ3v) is 2.99. The molecule has 0 aliphatic heterocycles. The average molecular weight is 284 g/mol. The summed E-state index contributed by atoms with van der Waals surface area (Å²) in [5, 5.41) is 0. The van der Waals surface area contributed by atoms with Gasteiger partial charge < -0.3 is 4.98 Å². The van der Waals surface area contributed by atoms with Crippen LogP contribution in [-0.4, -0.2) is 25.8 Å².